The van der Waals surface area contributed by atoms with E-state index in [1.54, 1.807) is 0 Å². The van der Waals surface area contributed by atoms with Gasteiger partial charge in [-0.15, -0.1) is 10.2 Å². The fraction of sp³-hybridized carbons (Fsp3) is 0.833. The molecule has 3 rings (SSSR count). The zero-order valence-corrected chi connectivity index (χ0v) is 10.6. The molecule has 2 fully saturated rings. The third-order valence-electron chi connectivity index (χ3n) is 3.55. The molecule has 6 heteroatoms. The van der Waals surface area contributed by atoms with Crippen LogP contribution in [-0.4, -0.2) is 47.6 Å². The van der Waals surface area contributed by atoms with Gasteiger partial charge < -0.3 is 9.15 Å². The summed E-state index contributed by atoms with van der Waals surface area (Å²) in [7, 11) is 1.53. The zero-order chi connectivity index (χ0) is 12.6. The molecular weight excluding hydrogens is 237 g/mol. The van der Waals surface area contributed by atoms with Crippen LogP contribution in [0.4, 0.5) is 4.39 Å². The van der Waals surface area contributed by atoms with E-state index in [9.17, 15) is 4.39 Å². The first-order valence-electron chi connectivity index (χ1n) is 6.41. The van der Waals surface area contributed by atoms with Crippen molar-refractivity contribution in [1.29, 1.82) is 0 Å². The molecule has 1 aromatic rings. The molecule has 0 spiro atoms. The third-order valence-corrected chi connectivity index (χ3v) is 3.55. The summed E-state index contributed by atoms with van der Waals surface area (Å²) in [6.07, 6.45) is 2.80. The van der Waals surface area contributed by atoms with Crippen LogP contribution in [0.2, 0.25) is 0 Å². The average molecular weight is 255 g/mol. The second-order valence-corrected chi connectivity index (χ2v) is 5.35. The van der Waals surface area contributed by atoms with E-state index in [0.29, 0.717) is 37.9 Å². The molecule has 1 saturated heterocycles. The largest absolute Gasteiger partial charge is 0.424 e. The standard InChI is InChI=1S/C12H18FN3O2/c1-17-8-12(13)4-5-16(7-12)6-10-14-15-11(18-10)9-2-3-9/h9H,2-8H2,1H3. The third kappa shape index (κ3) is 2.54. The predicted molar refractivity (Wildman–Crippen MR) is 61.9 cm³/mol. The fourth-order valence-corrected chi connectivity index (χ4v) is 2.45. The fourth-order valence-electron chi connectivity index (χ4n) is 2.45. The summed E-state index contributed by atoms with van der Waals surface area (Å²) in [5.74, 6) is 1.81. The van der Waals surface area contributed by atoms with Crippen molar-refractivity contribution >= 4 is 0 Å². The topological polar surface area (TPSA) is 51.4 Å². The quantitative estimate of drug-likeness (QED) is 0.798. The summed E-state index contributed by atoms with van der Waals surface area (Å²) in [4.78, 5) is 2.00. The van der Waals surface area contributed by atoms with E-state index in [0.717, 1.165) is 18.7 Å². The molecule has 5 nitrogen and oxygen atoms in total. The van der Waals surface area contributed by atoms with Gasteiger partial charge in [-0.2, -0.15) is 0 Å². The first-order valence-corrected chi connectivity index (χ1v) is 6.41. The summed E-state index contributed by atoms with van der Waals surface area (Å²) < 4.78 is 24.7. The molecule has 1 aliphatic heterocycles. The van der Waals surface area contributed by atoms with Crippen LogP contribution in [0.1, 0.15) is 37.0 Å². The molecule has 18 heavy (non-hydrogen) atoms. The van der Waals surface area contributed by atoms with Crippen LogP contribution in [0, 0.1) is 0 Å². The van der Waals surface area contributed by atoms with E-state index < -0.39 is 5.67 Å². The molecule has 0 bridgehead atoms. The Kier molecular flexibility index (Phi) is 3.07. The molecule has 1 unspecified atom stereocenters. The first-order chi connectivity index (χ1) is 8.68. The van der Waals surface area contributed by atoms with Gasteiger partial charge in [0.2, 0.25) is 11.8 Å². The van der Waals surface area contributed by atoms with Crippen molar-refractivity contribution in [1.82, 2.24) is 15.1 Å². The number of rotatable bonds is 5. The van der Waals surface area contributed by atoms with Crippen LogP contribution in [-0.2, 0) is 11.3 Å². The molecule has 0 radical (unpaired) electrons. The van der Waals surface area contributed by atoms with Crippen molar-refractivity contribution in [2.75, 3.05) is 26.8 Å². The van der Waals surface area contributed by atoms with Crippen LogP contribution in [0.25, 0.3) is 0 Å². The van der Waals surface area contributed by atoms with Gasteiger partial charge in [0.25, 0.3) is 0 Å². The van der Waals surface area contributed by atoms with Crippen LogP contribution < -0.4 is 0 Å². The van der Waals surface area contributed by atoms with Crippen molar-refractivity contribution in [3.63, 3.8) is 0 Å². The van der Waals surface area contributed by atoms with Crippen molar-refractivity contribution in [2.24, 2.45) is 0 Å². The number of ether oxygens (including phenoxy) is 1. The minimum Gasteiger partial charge on any atom is -0.424 e. The predicted octanol–water partition coefficient (Wildman–Crippen LogP) is 1.51. The van der Waals surface area contributed by atoms with Crippen molar-refractivity contribution in [3.05, 3.63) is 11.8 Å². The number of alkyl halides is 1. The molecule has 0 aromatic carbocycles. The minimum absolute atomic E-state index is 0.153. The van der Waals surface area contributed by atoms with Crippen LogP contribution in [0.3, 0.4) is 0 Å². The van der Waals surface area contributed by atoms with Gasteiger partial charge in [0.05, 0.1) is 13.2 Å². The van der Waals surface area contributed by atoms with Gasteiger partial charge >= 0.3 is 0 Å². The minimum atomic E-state index is -1.23. The zero-order valence-electron chi connectivity index (χ0n) is 10.6. The highest BCUT2D eigenvalue weighted by molar-refractivity contribution is 5.00. The Morgan fingerprint density at radius 3 is 3.06 bits per heavy atom. The number of hydrogen-bond donors (Lipinski definition) is 0. The van der Waals surface area contributed by atoms with Crippen molar-refractivity contribution < 1.29 is 13.5 Å². The van der Waals surface area contributed by atoms with Crippen LogP contribution in [0.5, 0.6) is 0 Å². The SMILES string of the molecule is COCC1(F)CCN(Cc2nnc(C3CC3)o2)C1. The van der Waals surface area contributed by atoms with Crippen molar-refractivity contribution in [3.8, 4) is 0 Å². The van der Waals surface area contributed by atoms with Gasteiger partial charge in [0.15, 0.2) is 0 Å². The molecule has 2 heterocycles. The van der Waals surface area contributed by atoms with Gasteiger partial charge in [-0.05, 0) is 19.3 Å². The molecule has 1 aromatic heterocycles. The lowest BCUT2D eigenvalue weighted by Gasteiger charge is -2.18. The van der Waals surface area contributed by atoms with E-state index in [1.165, 1.54) is 7.11 Å². The van der Waals surface area contributed by atoms with Crippen molar-refractivity contribution in [2.45, 2.75) is 37.4 Å². The number of methoxy groups -OCH3 is 1. The highest BCUT2D eigenvalue weighted by atomic mass is 19.1. The number of hydrogen-bond acceptors (Lipinski definition) is 5. The maximum absolute atomic E-state index is 14.2. The van der Waals surface area contributed by atoms with E-state index >= 15 is 0 Å². The highest BCUT2D eigenvalue weighted by Gasteiger charge is 2.39. The summed E-state index contributed by atoms with van der Waals surface area (Å²) in [6.45, 7) is 1.78. The number of nitrogens with zero attached hydrogens (tertiary/aromatic N) is 3. The van der Waals surface area contributed by atoms with E-state index in [1.807, 2.05) is 4.90 Å². The number of likely N-dealkylation sites (tertiary alicyclic amines) is 1. The lowest BCUT2D eigenvalue weighted by Crippen LogP contribution is -2.33. The average Bonchev–Trinajstić information content (AvgIpc) is 2.98. The molecule has 2 aliphatic rings. The normalized spacial score (nSPS) is 29.0. The number of aromatic nitrogens is 2. The van der Waals surface area contributed by atoms with Gasteiger partial charge in [-0.1, -0.05) is 0 Å². The Morgan fingerprint density at radius 1 is 1.50 bits per heavy atom. The molecule has 1 saturated carbocycles. The Labute approximate surface area is 105 Å². The monoisotopic (exact) mass is 255 g/mol. The second-order valence-electron chi connectivity index (χ2n) is 5.35. The lowest BCUT2D eigenvalue weighted by atomic mass is 10.1. The first kappa shape index (κ1) is 12.0. The van der Waals surface area contributed by atoms with Gasteiger partial charge in [0, 0.05) is 26.1 Å². The summed E-state index contributed by atoms with van der Waals surface area (Å²) in [5.41, 5.74) is -1.23. The summed E-state index contributed by atoms with van der Waals surface area (Å²) in [5, 5.41) is 8.05. The maximum Gasteiger partial charge on any atom is 0.230 e. The Balaban J connectivity index is 1.56. The molecular formula is C12H18FN3O2. The Bertz CT molecular complexity index is 421. The van der Waals surface area contributed by atoms with Crippen LogP contribution in [0.15, 0.2) is 4.42 Å². The molecule has 1 atom stereocenters. The lowest BCUT2D eigenvalue weighted by molar-refractivity contribution is 0.0461. The molecule has 0 amide bonds. The highest BCUT2D eigenvalue weighted by Crippen LogP contribution is 2.39. The Morgan fingerprint density at radius 2 is 2.33 bits per heavy atom. The maximum atomic E-state index is 14.2. The van der Waals surface area contributed by atoms with E-state index in [2.05, 4.69) is 10.2 Å². The Hall–Kier alpha value is -1.01. The summed E-state index contributed by atoms with van der Waals surface area (Å²) in [6, 6.07) is 0. The number of halogens is 1. The molecule has 0 N–H and O–H groups in total. The molecule has 100 valence electrons. The molecule has 1 aliphatic carbocycles. The smallest absolute Gasteiger partial charge is 0.230 e. The van der Waals surface area contributed by atoms with E-state index in [-0.39, 0.29) is 6.61 Å². The van der Waals surface area contributed by atoms with E-state index in [4.69, 9.17) is 9.15 Å². The summed E-state index contributed by atoms with van der Waals surface area (Å²) >= 11 is 0. The van der Waals surface area contributed by atoms with Crippen LogP contribution >= 0.6 is 0 Å². The van der Waals surface area contributed by atoms with Gasteiger partial charge in [-0.25, -0.2) is 4.39 Å². The van der Waals surface area contributed by atoms with Gasteiger partial charge in [-0.3, -0.25) is 4.90 Å². The van der Waals surface area contributed by atoms with Gasteiger partial charge in [0.1, 0.15) is 5.67 Å². The second kappa shape index (κ2) is 4.59.